The van der Waals surface area contributed by atoms with Crippen LogP contribution in [0.5, 0.6) is 0 Å². The lowest BCUT2D eigenvalue weighted by molar-refractivity contribution is -0.384. The number of amides is 1. The second-order valence-corrected chi connectivity index (χ2v) is 8.44. The Labute approximate surface area is 186 Å². The van der Waals surface area contributed by atoms with Gasteiger partial charge in [-0.1, -0.05) is 0 Å². The second kappa shape index (κ2) is 8.56. The molecule has 1 N–H and O–H groups in total. The Bertz CT molecular complexity index is 1190. The summed E-state index contributed by atoms with van der Waals surface area (Å²) in [5.74, 6) is 0. The number of benzene rings is 2. The first-order valence-corrected chi connectivity index (χ1v) is 10.4. The van der Waals surface area contributed by atoms with Gasteiger partial charge >= 0.3 is 0 Å². The van der Waals surface area contributed by atoms with Crippen molar-refractivity contribution in [2.24, 2.45) is 0 Å². The van der Waals surface area contributed by atoms with Crippen molar-refractivity contribution in [3.63, 3.8) is 0 Å². The standard InChI is InChI=1S/C22H27N7O3/c1-25(2)9-11-27(14-30)19-8-7-18-20-21(24-28(18)12-10-26(3)4)16-13-15(29(31)32)5-6-17(16)23-22(19)20/h5-8,13-14,23H,9-12H2,1-4H3. The van der Waals surface area contributed by atoms with Gasteiger partial charge in [0, 0.05) is 43.0 Å². The highest BCUT2D eigenvalue weighted by atomic mass is 16.6. The smallest absolute Gasteiger partial charge is 0.270 e. The monoisotopic (exact) mass is 437 g/mol. The quantitative estimate of drug-likeness (QED) is 0.244. The maximum atomic E-state index is 12.0. The van der Waals surface area contributed by atoms with E-state index in [1.165, 1.54) is 6.07 Å². The fraction of sp³-hybridized carbons (Fsp3) is 0.364. The number of likely N-dealkylation sites (N-methyl/N-ethyl adjacent to an activating group) is 2. The number of non-ortho nitro benzene ring substituents is 1. The molecule has 1 amide bonds. The van der Waals surface area contributed by atoms with Crippen molar-refractivity contribution in [3.8, 4) is 11.3 Å². The average Bonchev–Trinajstić information content (AvgIpc) is 3.13. The van der Waals surface area contributed by atoms with Crippen LogP contribution in [0.25, 0.3) is 22.2 Å². The minimum Gasteiger partial charge on any atom is -0.353 e. The maximum absolute atomic E-state index is 12.0. The van der Waals surface area contributed by atoms with Gasteiger partial charge < -0.3 is 20.0 Å². The summed E-state index contributed by atoms with van der Waals surface area (Å²) in [7, 11) is 7.93. The molecule has 2 heterocycles. The zero-order valence-electron chi connectivity index (χ0n) is 18.7. The molecule has 0 bridgehead atoms. The van der Waals surface area contributed by atoms with Gasteiger partial charge in [0.25, 0.3) is 5.69 Å². The van der Waals surface area contributed by atoms with Crippen molar-refractivity contribution in [2.45, 2.75) is 6.54 Å². The van der Waals surface area contributed by atoms with Crippen molar-refractivity contribution in [1.29, 1.82) is 0 Å². The molecule has 1 aromatic heterocycles. The minimum atomic E-state index is -0.401. The summed E-state index contributed by atoms with van der Waals surface area (Å²) in [6, 6.07) is 8.63. The third-order valence-corrected chi connectivity index (χ3v) is 5.61. The van der Waals surface area contributed by atoms with Crippen molar-refractivity contribution in [3.05, 3.63) is 40.4 Å². The van der Waals surface area contributed by atoms with Gasteiger partial charge in [0.15, 0.2) is 0 Å². The van der Waals surface area contributed by atoms with Crippen LogP contribution in [0.1, 0.15) is 0 Å². The highest BCUT2D eigenvalue weighted by Gasteiger charge is 2.28. The Morgan fingerprint density at radius 2 is 1.84 bits per heavy atom. The van der Waals surface area contributed by atoms with Crippen molar-refractivity contribution in [1.82, 2.24) is 19.6 Å². The lowest BCUT2D eigenvalue weighted by Crippen LogP contribution is -2.31. The van der Waals surface area contributed by atoms with Crippen LogP contribution >= 0.6 is 0 Å². The summed E-state index contributed by atoms with van der Waals surface area (Å²) >= 11 is 0. The number of nitrogens with one attached hydrogen (secondary N) is 1. The molecule has 32 heavy (non-hydrogen) atoms. The minimum absolute atomic E-state index is 0.0154. The van der Waals surface area contributed by atoms with E-state index in [9.17, 15) is 14.9 Å². The largest absolute Gasteiger partial charge is 0.353 e. The Balaban J connectivity index is 1.90. The predicted octanol–water partition coefficient (Wildman–Crippen LogP) is 2.75. The van der Waals surface area contributed by atoms with E-state index >= 15 is 0 Å². The van der Waals surface area contributed by atoms with Gasteiger partial charge in [-0.25, -0.2) is 0 Å². The molecule has 1 aliphatic rings. The highest BCUT2D eigenvalue weighted by Crippen LogP contribution is 2.48. The van der Waals surface area contributed by atoms with Gasteiger partial charge in [-0.2, -0.15) is 5.10 Å². The second-order valence-electron chi connectivity index (χ2n) is 8.44. The summed E-state index contributed by atoms with van der Waals surface area (Å²) in [6.07, 6.45) is 0.838. The number of hydrogen-bond acceptors (Lipinski definition) is 7. The molecule has 4 rings (SSSR count). The number of carbonyl (C=O) groups is 1. The lowest BCUT2D eigenvalue weighted by Gasteiger charge is -2.26. The highest BCUT2D eigenvalue weighted by molar-refractivity contribution is 6.14. The topological polar surface area (TPSA) is 99.8 Å². The molecule has 0 spiro atoms. The molecule has 0 aliphatic carbocycles. The van der Waals surface area contributed by atoms with E-state index in [0.717, 1.165) is 40.9 Å². The number of nitro benzene ring substituents is 1. The fourth-order valence-electron chi connectivity index (χ4n) is 3.90. The number of nitro groups is 1. The molecular weight excluding hydrogens is 410 g/mol. The molecule has 0 fully saturated rings. The van der Waals surface area contributed by atoms with Gasteiger partial charge in [0.1, 0.15) is 5.69 Å². The first-order chi connectivity index (χ1) is 15.3. The summed E-state index contributed by atoms with van der Waals surface area (Å²) < 4.78 is 1.93. The number of rotatable bonds is 9. The molecule has 10 heteroatoms. The molecule has 3 aromatic rings. The maximum Gasteiger partial charge on any atom is 0.270 e. The van der Waals surface area contributed by atoms with Crippen LogP contribution in [0.2, 0.25) is 0 Å². The van der Waals surface area contributed by atoms with E-state index < -0.39 is 4.92 Å². The van der Waals surface area contributed by atoms with Crippen LogP contribution in [0.4, 0.5) is 22.7 Å². The molecule has 0 saturated heterocycles. The number of nitrogens with zero attached hydrogens (tertiary/aromatic N) is 6. The summed E-state index contributed by atoms with van der Waals surface area (Å²) in [5.41, 5.74) is 4.58. The first kappa shape index (κ1) is 21.7. The Kier molecular flexibility index (Phi) is 5.81. The first-order valence-electron chi connectivity index (χ1n) is 10.4. The number of fused-ring (bicyclic) bond motifs is 2. The number of hydrogen-bond donors (Lipinski definition) is 1. The number of carbonyl (C=O) groups excluding carboxylic acids is 1. The van der Waals surface area contributed by atoms with Gasteiger partial charge in [0.2, 0.25) is 6.41 Å². The summed E-state index contributed by atoms with van der Waals surface area (Å²) in [5, 5.41) is 20.5. The van der Waals surface area contributed by atoms with Crippen LogP contribution in [0.15, 0.2) is 30.3 Å². The average molecular weight is 438 g/mol. The Morgan fingerprint density at radius 3 is 2.50 bits per heavy atom. The van der Waals surface area contributed by atoms with Crippen LogP contribution in [-0.4, -0.2) is 78.7 Å². The fourth-order valence-corrected chi connectivity index (χ4v) is 3.90. The van der Waals surface area contributed by atoms with Crippen LogP contribution < -0.4 is 10.2 Å². The predicted molar refractivity (Wildman–Crippen MR) is 126 cm³/mol. The molecule has 1 aliphatic heterocycles. The van der Waals surface area contributed by atoms with E-state index in [4.69, 9.17) is 5.10 Å². The third kappa shape index (κ3) is 3.90. The zero-order valence-corrected chi connectivity index (χ0v) is 18.7. The third-order valence-electron chi connectivity index (χ3n) is 5.61. The van der Waals surface area contributed by atoms with Crippen LogP contribution in [-0.2, 0) is 11.3 Å². The van der Waals surface area contributed by atoms with E-state index in [0.29, 0.717) is 30.9 Å². The number of aromatic nitrogens is 2. The molecule has 168 valence electrons. The summed E-state index contributed by atoms with van der Waals surface area (Å²) in [6.45, 7) is 2.72. The van der Waals surface area contributed by atoms with Gasteiger partial charge in [0.05, 0.1) is 33.7 Å². The Morgan fingerprint density at radius 1 is 1.09 bits per heavy atom. The van der Waals surface area contributed by atoms with Crippen molar-refractivity contribution < 1.29 is 9.72 Å². The van der Waals surface area contributed by atoms with E-state index in [1.807, 2.05) is 49.9 Å². The van der Waals surface area contributed by atoms with Crippen LogP contribution in [0.3, 0.4) is 0 Å². The Hall–Kier alpha value is -3.50. The lowest BCUT2D eigenvalue weighted by atomic mass is 9.98. The molecular formula is C22H27N7O3. The van der Waals surface area contributed by atoms with Gasteiger partial charge in [-0.05, 0) is 46.4 Å². The molecule has 0 unspecified atom stereocenters. The SMILES string of the molecule is CN(C)CCN(C=O)c1ccc2c3c(nn2CCN(C)C)-c2cc([N+](=O)[O-])ccc2Nc13. The van der Waals surface area contributed by atoms with E-state index in [-0.39, 0.29) is 5.69 Å². The van der Waals surface area contributed by atoms with Gasteiger partial charge in [-0.3, -0.25) is 19.6 Å². The molecule has 0 radical (unpaired) electrons. The van der Waals surface area contributed by atoms with Crippen molar-refractivity contribution in [2.75, 3.05) is 58.0 Å². The van der Waals surface area contributed by atoms with Crippen LogP contribution in [0, 0.1) is 10.1 Å². The molecule has 0 saturated carbocycles. The normalized spacial score (nSPS) is 12.2. The van der Waals surface area contributed by atoms with Crippen molar-refractivity contribution >= 4 is 40.1 Å². The zero-order chi connectivity index (χ0) is 23.0. The molecule has 2 aromatic carbocycles. The van der Waals surface area contributed by atoms with E-state index in [2.05, 4.69) is 10.2 Å². The molecule has 0 atom stereocenters. The summed E-state index contributed by atoms with van der Waals surface area (Å²) in [4.78, 5) is 28.7. The number of anilines is 3. The molecule has 10 nitrogen and oxygen atoms in total. The van der Waals surface area contributed by atoms with Gasteiger partial charge in [-0.15, -0.1) is 0 Å². The van der Waals surface area contributed by atoms with E-state index in [1.54, 1.807) is 17.0 Å².